The summed E-state index contributed by atoms with van der Waals surface area (Å²) >= 11 is 0. The SMILES string of the molecule is CCCC(C)C(C)(C)OCC(C)(C)NC(=O)CC1(C)CC2CC3CC(C1)C32. The minimum absolute atomic E-state index is 0.159. The third-order valence-corrected chi connectivity index (χ3v) is 8.13. The Balaban J connectivity index is 1.47. The summed E-state index contributed by atoms with van der Waals surface area (Å²) in [5.74, 6) is 4.62. The second-order valence-electron chi connectivity index (χ2n) is 11.7. The van der Waals surface area contributed by atoms with Crippen molar-refractivity contribution in [1.29, 1.82) is 0 Å². The topological polar surface area (TPSA) is 38.3 Å². The molecule has 3 atom stereocenters. The van der Waals surface area contributed by atoms with Crippen molar-refractivity contribution in [3.63, 3.8) is 0 Å². The number of hydrogen-bond donors (Lipinski definition) is 1. The largest absolute Gasteiger partial charge is 0.373 e. The summed E-state index contributed by atoms with van der Waals surface area (Å²) in [5, 5.41) is 3.28. The second kappa shape index (κ2) is 7.35. The first-order valence-electron chi connectivity index (χ1n) is 11.4. The van der Waals surface area contributed by atoms with Crippen LogP contribution in [0.5, 0.6) is 0 Å². The summed E-state index contributed by atoms with van der Waals surface area (Å²) in [6, 6.07) is 0. The molecular formula is C24H43NO2. The fourth-order valence-corrected chi connectivity index (χ4v) is 6.33. The Morgan fingerprint density at radius 3 is 2.26 bits per heavy atom. The Hall–Kier alpha value is -0.570. The minimum Gasteiger partial charge on any atom is -0.373 e. The third kappa shape index (κ3) is 4.54. The highest BCUT2D eigenvalue weighted by atomic mass is 16.5. The lowest BCUT2D eigenvalue weighted by molar-refractivity contribution is -0.163. The fraction of sp³-hybridized carbons (Fsp3) is 0.958. The quantitative estimate of drug-likeness (QED) is 0.570. The third-order valence-electron chi connectivity index (χ3n) is 8.13. The van der Waals surface area contributed by atoms with Crippen LogP contribution in [0, 0.1) is 35.0 Å². The van der Waals surface area contributed by atoms with E-state index in [-0.39, 0.29) is 22.5 Å². The van der Waals surface area contributed by atoms with Gasteiger partial charge in [-0.15, -0.1) is 0 Å². The molecule has 0 bridgehead atoms. The highest BCUT2D eigenvalue weighted by molar-refractivity contribution is 5.77. The Morgan fingerprint density at radius 1 is 1.15 bits per heavy atom. The molecule has 3 aliphatic rings. The number of amides is 1. The number of rotatable bonds is 9. The van der Waals surface area contributed by atoms with Crippen molar-refractivity contribution in [2.45, 2.75) is 105 Å². The molecule has 0 radical (unpaired) electrons. The van der Waals surface area contributed by atoms with Crippen LogP contribution in [0.3, 0.4) is 0 Å². The molecule has 0 aromatic heterocycles. The Labute approximate surface area is 167 Å². The number of carbonyl (C=O) groups excluding carboxylic acids is 1. The van der Waals surface area contributed by atoms with Gasteiger partial charge in [0.25, 0.3) is 0 Å². The first kappa shape index (κ1) is 21.1. The summed E-state index contributed by atoms with van der Waals surface area (Å²) in [5.41, 5.74) is -0.285. The highest BCUT2D eigenvalue weighted by Gasteiger charge is 2.59. The molecule has 0 aromatic rings. The van der Waals surface area contributed by atoms with E-state index in [1.807, 2.05) is 0 Å². The number of ether oxygens (including phenoxy) is 1. The fourth-order valence-electron chi connectivity index (χ4n) is 6.33. The van der Waals surface area contributed by atoms with Crippen LogP contribution in [0.25, 0.3) is 0 Å². The molecule has 1 amide bonds. The summed E-state index contributed by atoms with van der Waals surface area (Å²) < 4.78 is 6.27. The number of hydrogen-bond acceptors (Lipinski definition) is 2. The molecular weight excluding hydrogens is 334 g/mol. The van der Waals surface area contributed by atoms with E-state index < -0.39 is 0 Å². The van der Waals surface area contributed by atoms with Crippen LogP contribution < -0.4 is 5.32 Å². The van der Waals surface area contributed by atoms with Gasteiger partial charge in [-0.05, 0) is 94.8 Å². The highest BCUT2D eigenvalue weighted by Crippen LogP contribution is 2.67. The van der Waals surface area contributed by atoms with Crippen LogP contribution in [0.1, 0.15) is 93.4 Å². The molecule has 0 aromatic carbocycles. The molecule has 3 heteroatoms. The standard InChI is InChI=1S/C24H43NO2/c1-8-9-16(2)23(5,6)27-15-22(3,4)25-20(26)14-24(7)12-18-10-17-11-19(13-24)21(17)18/h16-19,21H,8-15H2,1-7H3,(H,25,26). The van der Waals surface area contributed by atoms with E-state index in [1.165, 1.54) is 38.5 Å². The van der Waals surface area contributed by atoms with E-state index in [9.17, 15) is 4.79 Å². The van der Waals surface area contributed by atoms with Crippen molar-refractivity contribution in [1.82, 2.24) is 5.32 Å². The molecule has 27 heavy (non-hydrogen) atoms. The van der Waals surface area contributed by atoms with Gasteiger partial charge in [0.2, 0.25) is 5.91 Å². The van der Waals surface area contributed by atoms with E-state index >= 15 is 0 Å². The van der Waals surface area contributed by atoms with Gasteiger partial charge in [-0.25, -0.2) is 0 Å². The van der Waals surface area contributed by atoms with Crippen LogP contribution >= 0.6 is 0 Å². The van der Waals surface area contributed by atoms with Crippen LogP contribution in [-0.4, -0.2) is 23.7 Å². The first-order chi connectivity index (χ1) is 12.4. The molecule has 1 N–H and O–H groups in total. The smallest absolute Gasteiger partial charge is 0.221 e. The molecule has 3 nitrogen and oxygen atoms in total. The van der Waals surface area contributed by atoms with Gasteiger partial charge < -0.3 is 10.1 Å². The summed E-state index contributed by atoms with van der Waals surface area (Å²) in [7, 11) is 0. The van der Waals surface area contributed by atoms with E-state index in [0.717, 1.165) is 23.7 Å². The van der Waals surface area contributed by atoms with Crippen molar-refractivity contribution in [3.8, 4) is 0 Å². The van der Waals surface area contributed by atoms with Gasteiger partial charge in [-0.2, -0.15) is 0 Å². The maximum atomic E-state index is 12.9. The summed E-state index contributed by atoms with van der Waals surface area (Å²) in [4.78, 5) is 12.9. The molecule has 3 rings (SSSR count). The molecule has 0 heterocycles. The zero-order chi connectivity index (χ0) is 20.0. The molecule has 0 spiro atoms. The lowest BCUT2D eigenvalue weighted by Gasteiger charge is -2.65. The molecule has 156 valence electrons. The average Bonchev–Trinajstić information content (AvgIpc) is 2.48. The molecule has 3 unspecified atom stereocenters. The monoisotopic (exact) mass is 377 g/mol. The van der Waals surface area contributed by atoms with Crippen LogP contribution in [0.15, 0.2) is 0 Å². The maximum absolute atomic E-state index is 12.9. The zero-order valence-electron chi connectivity index (χ0n) is 18.9. The van der Waals surface area contributed by atoms with Crippen LogP contribution in [0.4, 0.5) is 0 Å². The van der Waals surface area contributed by atoms with Crippen molar-refractivity contribution in [2.24, 2.45) is 35.0 Å². The van der Waals surface area contributed by atoms with Crippen LogP contribution in [0.2, 0.25) is 0 Å². The van der Waals surface area contributed by atoms with E-state index in [2.05, 4.69) is 53.8 Å². The van der Waals surface area contributed by atoms with Crippen molar-refractivity contribution in [2.75, 3.05) is 6.61 Å². The second-order valence-corrected chi connectivity index (χ2v) is 11.7. The lowest BCUT2D eigenvalue weighted by atomic mass is 9.40. The number of carbonyl (C=O) groups is 1. The number of nitrogens with one attached hydrogen (secondary N) is 1. The molecule has 0 aliphatic heterocycles. The van der Waals surface area contributed by atoms with Gasteiger partial charge in [0, 0.05) is 6.42 Å². The molecule has 3 fully saturated rings. The van der Waals surface area contributed by atoms with Gasteiger partial charge in [0.05, 0.1) is 17.7 Å². The van der Waals surface area contributed by atoms with E-state index in [1.54, 1.807) is 0 Å². The predicted octanol–water partition coefficient (Wildman–Crippen LogP) is 5.58. The van der Waals surface area contributed by atoms with E-state index in [4.69, 9.17) is 4.74 Å². The van der Waals surface area contributed by atoms with Crippen molar-refractivity contribution in [3.05, 3.63) is 0 Å². The molecule has 3 aliphatic carbocycles. The maximum Gasteiger partial charge on any atom is 0.221 e. The van der Waals surface area contributed by atoms with Gasteiger partial charge >= 0.3 is 0 Å². The predicted molar refractivity (Wildman–Crippen MR) is 111 cm³/mol. The Kier molecular flexibility index (Phi) is 5.76. The Morgan fingerprint density at radius 2 is 1.74 bits per heavy atom. The summed E-state index contributed by atoms with van der Waals surface area (Å²) in [6.45, 7) is 15.9. The normalized spacial score (nSPS) is 36.3. The minimum atomic E-state index is -0.327. The van der Waals surface area contributed by atoms with Gasteiger partial charge in [0.15, 0.2) is 0 Å². The van der Waals surface area contributed by atoms with Gasteiger partial charge in [-0.3, -0.25) is 4.79 Å². The van der Waals surface area contributed by atoms with Crippen LogP contribution in [-0.2, 0) is 9.53 Å². The van der Waals surface area contributed by atoms with Gasteiger partial charge in [0.1, 0.15) is 0 Å². The first-order valence-corrected chi connectivity index (χ1v) is 11.4. The molecule has 0 saturated heterocycles. The molecule has 3 saturated carbocycles. The van der Waals surface area contributed by atoms with Crippen molar-refractivity contribution >= 4 is 5.91 Å². The lowest BCUT2D eigenvalue weighted by Crippen LogP contribution is -2.58. The van der Waals surface area contributed by atoms with Gasteiger partial charge in [-0.1, -0.05) is 27.2 Å². The Bertz CT molecular complexity index is 537. The zero-order valence-corrected chi connectivity index (χ0v) is 18.9. The average molecular weight is 378 g/mol. The van der Waals surface area contributed by atoms with E-state index in [0.29, 0.717) is 18.9 Å². The summed E-state index contributed by atoms with van der Waals surface area (Å²) in [6.07, 6.45) is 8.41. The van der Waals surface area contributed by atoms with Crippen molar-refractivity contribution < 1.29 is 9.53 Å².